The van der Waals surface area contributed by atoms with E-state index in [4.69, 9.17) is 15.2 Å². The van der Waals surface area contributed by atoms with Gasteiger partial charge in [-0.3, -0.25) is 4.79 Å². The number of carbonyl (C=O) groups excluding carboxylic acids is 1. The third-order valence-corrected chi connectivity index (χ3v) is 4.19. The zero-order valence-corrected chi connectivity index (χ0v) is 12.7. The lowest BCUT2D eigenvalue weighted by Gasteiger charge is -2.35. The number of ether oxygens (including phenoxy) is 2. The summed E-state index contributed by atoms with van der Waals surface area (Å²) >= 11 is 0. The number of esters is 1. The molecule has 4 heteroatoms. The SMILES string of the molecule is CCOC(=O)C(CN)(CC1CCCCO1)c1ccccc1. The predicted molar refractivity (Wildman–Crippen MR) is 82.0 cm³/mol. The van der Waals surface area contributed by atoms with Crippen LogP contribution in [0.2, 0.25) is 0 Å². The van der Waals surface area contributed by atoms with Gasteiger partial charge in [0.15, 0.2) is 0 Å². The Morgan fingerprint density at radius 3 is 2.71 bits per heavy atom. The van der Waals surface area contributed by atoms with Crippen LogP contribution >= 0.6 is 0 Å². The van der Waals surface area contributed by atoms with Crippen molar-refractivity contribution in [3.8, 4) is 0 Å². The summed E-state index contributed by atoms with van der Waals surface area (Å²) in [5.74, 6) is -0.243. The van der Waals surface area contributed by atoms with Crippen LogP contribution in [0, 0.1) is 0 Å². The van der Waals surface area contributed by atoms with Crippen LogP contribution in [0.1, 0.15) is 38.2 Å². The van der Waals surface area contributed by atoms with E-state index in [9.17, 15) is 4.79 Å². The first-order valence-electron chi connectivity index (χ1n) is 7.77. The summed E-state index contributed by atoms with van der Waals surface area (Å²) in [6.45, 7) is 3.18. The van der Waals surface area contributed by atoms with E-state index in [0.717, 1.165) is 31.4 Å². The molecule has 1 fully saturated rings. The minimum atomic E-state index is -0.806. The highest BCUT2D eigenvalue weighted by Crippen LogP contribution is 2.33. The van der Waals surface area contributed by atoms with Crippen molar-refractivity contribution in [3.05, 3.63) is 35.9 Å². The van der Waals surface area contributed by atoms with E-state index in [2.05, 4.69) is 0 Å². The van der Waals surface area contributed by atoms with Gasteiger partial charge in [0.2, 0.25) is 0 Å². The summed E-state index contributed by atoms with van der Waals surface area (Å²) in [5.41, 5.74) is 6.14. The van der Waals surface area contributed by atoms with Crippen molar-refractivity contribution >= 4 is 5.97 Å². The molecule has 1 aromatic carbocycles. The number of carbonyl (C=O) groups is 1. The lowest BCUT2D eigenvalue weighted by molar-refractivity contribution is -0.152. The molecule has 0 aliphatic carbocycles. The second-order valence-electron chi connectivity index (χ2n) is 5.57. The molecule has 1 aliphatic rings. The van der Waals surface area contributed by atoms with Gasteiger partial charge in [0.1, 0.15) is 5.41 Å². The maximum Gasteiger partial charge on any atom is 0.317 e. The molecule has 2 unspecified atom stereocenters. The van der Waals surface area contributed by atoms with Crippen LogP contribution in [-0.4, -0.2) is 31.8 Å². The first-order valence-corrected chi connectivity index (χ1v) is 7.77. The highest BCUT2D eigenvalue weighted by atomic mass is 16.5. The Morgan fingerprint density at radius 1 is 1.38 bits per heavy atom. The molecule has 2 N–H and O–H groups in total. The fraction of sp³-hybridized carbons (Fsp3) is 0.588. The summed E-state index contributed by atoms with van der Waals surface area (Å²) in [5, 5.41) is 0. The van der Waals surface area contributed by atoms with Crippen LogP contribution in [-0.2, 0) is 19.7 Å². The normalized spacial score (nSPS) is 21.5. The van der Waals surface area contributed by atoms with Crippen molar-refractivity contribution in [2.24, 2.45) is 5.73 Å². The van der Waals surface area contributed by atoms with E-state index in [-0.39, 0.29) is 18.6 Å². The molecule has 0 radical (unpaired) electrons. The molecule has 0 bridgehead atoms. The Kier molecular flexibility index (Phi) is 5.76. The third-order valence-electron chi connectivity index (χ3n) is 4.19. The van der Waals surface area contributed by atoms with Gasteiger partial charge in [-0.15, -0.1) is 0 Å². The van der Waals surface area contributed by atoms with E-state index < -0.39 is 5.41 Å². The number of hydrogen-bond donors (Lipinski definition) is 1. The van der Waals surface area contributed by atoms with Crippen LogP contribution in [0.5, 0.6) is 0 Å². The third kappa shape index (κ3) is 3.63. The van der Waals surface area contributed by atoms with Crippen molar-refractivity contribution < 1.29 is 14.3 Å². The molecule has 1 saturated heterocycles. The molecule has 2 atom stereocenters. The van der Waals surface area contributed by atoms with Gasteiger partial charge in [0.25, 0.3) is 0 Å². The maximum atomic E-state index is 12.6. The largest absolute Gasteiger partial charge is 0.465 e. The van der Waals surface area contributed by atoms with Gasteiger partial charge in [-0.05, 0) is 38.2 Å². The average molecular weight is 291 g/mol. The lowest BCUT2D eigenvalue weighted by Crippen LogP contribution is -2.47. The fourth-order valence-electron chi connectivity index (χ4n) is 2.99. The number of nitrogens with two attached hydrogens (primary N) is 1. The van der Waals surface area contributed by atoms with Crippen LogP contribution in [0.4, 0.5) is 0 Å². The standard InChI is InChI=1S/C17H25NO3/c1-2-20-16(19)17(13-18,14-8-4-3-5-9-14)12-15-10-6-7-11-21-15/h3-5,8-9,15H,2,6-7,10-13,18H2,1H3. The van der Waals surface area contributed by atoms with Crippen molar-refractivity contribution in [2.75, 3.05) is 19.8 Å². The predicted octanol–water partition coefficient (Wildman–Crippen LogP) is 2.41. The van der Waals surface area contributed by atoms with E-state index >= 15 is 0 Å². The molecule has 0 aromatic heterocycles. The van der Waals surface area contributed by atoms with Crippen molar-refractivity contribution in [2.45, 2.75) is 44.1 Å². The minimum Gasteiger partial charge on any atom is -0.465 e. The summed E-state index contributed by atoms with van der Waals surface area (Å²) in [6.07, 6.45) is 3.88. The number of benzene rings is 1. The van der Waals surface area contributed by atoms with Crippen molar-refractivity contribution in [3.63, 3.8) is 0 Å². The second kappa shape index (κ2) is 7.57. The van der Waals surface area contributed by atoms with Gasteiger partial charge in [0.05, 0.1) is 12.7 Å². The maximum absolute atomic E-state index is 12.6. The van der Waals surface area contributed by atoms with Gasteiger partial charge in [-0.1, -0.05) is 30.3 Å². The number of rotatable bonds is 6. The van der Waals surface area contributed by atoms with E-state index in [0.29, 0.717) is 13.0 Å². The summed E-state index contributed by atoms with van der Waals surface area (Å²) in [4.78, 5) is 12.6. The zero-order valence-electron chi connectivity index (χ0n) is 12.7. The van der Waals surface area contributed by atoms with Crippen molar-refractivity contribution in [1.82, 2.24) is 0 Å². The molecule has 1 aliphatic heterocycles. The van der Waals surface area contributed by atoms with Crippen molar-refractivity contribution in [1.29, 1.82) is 0 Å². The van der Waals surface area contributed by atoms with Gasteiger partial charge < -0.3 is 15.2 Å². The Labute approximate surface area is 126 Å². The van der Waals surface area contributed by atoms with E-state index in [1.54, 1.807) is 0 Å². The van der Waals surface area contributed by atoms with Gasteiger partial charge in [-0.25, -0.2) is 0 Å². The monoisotopic (exact) mass is 291 g/mol. The van der Waals surface area contributed by atoms with Crippen LogP contribution in [0.25, 0.3) is 0 Å². The first kappa shape index (κ1) is 16.0. The van der Waals surface area contributed by atoms with Gasteiger partial charge >= 0.3 is 5.97 Å². The fourth-order valence-corrected chi connectivity index (χ4v) is 2.99. The van der Waals surface area contributed by atoms with E-state index in [1.165, 1.54) is 0 Å². The first-order chi connectivity index (χ1) is 10.2. The molecule has 0 spiro atoms. The minimum absolute atomic E-state index is 0.0758. The molecular formula is C17H25NO3. The lowest BCUT2D eigenvalue weighted by atomic mass is 9.75. The Balaban J connectivity index is 2.29. The average Bonchev–Trinajstić information content (AvgIpc) is 2.54. The second-order valence-corrected chi connectivity index (χ2v) is 5.57. The van der Waals surface area contributed by atoms with Crippen LogP contribution < -0.4 is 5.73 Å². The topological polar surface area (TPSA) is 61.5 Å². The van der Waals surface area contributed by atoms with Gasteiger partial charge in [0, 0.05) is 13.2 Å². The highest BCUT2D eigenvalue weighted by Gasteiger charge is 2.43. The molecule has 21 heavy (non-hydrogen) atoms. The molecule has 0 saturated carbocycles. The smallest absolute Gasteiger partial charge is 0.317 e. The summed E-state index contributed by atoms with van der Waals surface area (Å²) < 4.78 is 11.1. The highest BCUT2D eigenvalue weighted by molar-refractivity contribution is 5.83. The molecule has 1 heterocycles. The Hall–Kier alpha value is -1.39. The van der Waals surface area contributed by atoms with E-state index in [1.807, 2.05) is 37.3 Å². The summed E-state index contributed by atoms with van der Waals surface area (Å²) in [6, 6.07) is 9.70. The van der Waals surface area contributed by atoms with Crippen LogP contribution in [0.3, 0.4) is 0 Å². The summed E-state index contributed by atoms with van der Waals surface area (Å²) in [7, 11) is 0. The quantitative estimate of drug-likeness (QED) is 0.818. The Bertz CT molecular complexity index is 443. The molecule has 116 valence electrons. The number of hydrogen-bond acceptors (Lipinski definition) is 4. The molecule has 4 nitrogen and oxygen atoms in total. The molecule has 2 rings (SSSR count). The Morgan fingerprint density at radius 2 is 2.14 bits per heavy atom. The molecular weight excluding hydrogens is 266 g/mol. The molecule has 0 amide bonds. The van der Waals surface area contributed by atoms with Gasteiger partial charge in [-0.2, -0.15) is 0 Å². The molecule has 1 aromatic rings. The zero-order chi connectivity index (χ0) is 15.1. The van der Waals surface area contributed by atoms with Crippen LogP contribution in [0.15, 0.2) is 30.3 Å².